The summed E-state index contributed by atoms with van der Waals surface area (Å²) < 4.78 is 12.3. The number of ether oxygens (including phenoxy) is 2. The molecule has 1 saturated heterocycles. The minimum absolute atomic E-state index is 0.0506. The van der Waals surface area contributed by atoms with Gasteiger partial charge in [0.25, 0.3) is 0 Å². The van der Waals surface area contributed by atoms with Crippen LogP contribution in [0.15, 0.2) is 47.6 Å². The molecule has 4 rings (SSSR count). The highest BCUT2D eigenvalue weighted by molar-refractivity contribution is 6.02. The van der Waals surface area contributed by atoms with Crippen molar-refractivity contribution < 1.29 is 14.3 Å². The van der Waals surface area contributed by atoms with E-state index in [-0.39, 0.29) is 11.4 Å². The van der Waals surface area contributed by atoms with Crippen molar-refractivity contribution in [3.63, 3.8) is 0 Å². The van der Waals surface area contributed by atoms with Crippen LogP contribution < -0.4 is 0 Å². The molecule has 2 aliphatic heterocycles. The lowest BCUT2D eigenvalue weighted by Gasteiger charge is -2.40. The van der Waals surface area contributed by atoms with Crippen molar-refractivity contribution in [3.05, 3.63) is 58.7 Å². The topological polar surface area (TPSA) is 35.5 Å². The molecule has 1 aromatic carbocycles. The third-order valence-corrected chi connectivity index (χ3v) is 5.27. The number of carbonyl (C=O) groups excluding carboxylic acids is 1. The highest BCUT2D eigenvalue weighted by Crippen LogP contribution is 2.58. The van der Waals surface area contributed by atoms with Gasteiger partial charge in [0, 0.05) is 26.1 Å². The monoisotopic (exact) mass is 296 g/mol. The molecule has 0 N–H and O–H groups in total. The van der Waals surface area contributed by atoms with E-state index in [0.717, 1.165) is 37.2 Å². The standard InChI is InChI=1S/C19H20O3/c1-13-11-15(20)12-14(2)19(13)17-6-4-3-5-16(17)18(22-19)7-9-21-10-8-18/h3-6,11-12H,7-10H2,1-2H3. The fourth-order valence-corrected chi connectivity index (χ4v) is 4.23. The summed E-state index contributed by atoms with van der Waals surface area (Å²) in [6.45, 7) is 5.44. The van der Waals surface area contributed by atoms with E-state index in [1.807, 2.05) is 13.8 Å². The molecule has 1 aromatic rings. The molecule has 0 atom stereocenters. The Morgan fingerprint density at radius 2 is 1.55 bits per heavy atom. The number of rotatable bonds is 0. The molecule has 2 heterocycles. The van der Waals surface area contributed by atoms with Crippen LogP contribution >= 0.6 is 0 Å². The maximum absolute atomic E-state index is 11.9. The van der Waals surface area contributed by atoms with Crippen molar-refractivity contribution in [1.82, 2.24) is 0 Å². The van der Waals surface area contributed by atoms with Crippen LogP contribution in [0.25, 0.3) is 0 Å². The van der Waals surface area contributed by atoms with Gasteiger partial charge in [-0.3, -0.25) is 4.79 Å². The fraction of sp³-hybridized carbons (Fsp3) is 0.421. The van der Waals surface area contributed by atoms with Gasteiger partial charge in [-0.2, -0.15) is 0 Å². The molecule has 0 aromatic heterocycles. The van der Waals surface area contributed by atoms with Gasteiger partial charge in [-0.1, -0.05) is 24.3 Å². The van der Waals surface area contributed by atoms with Crippen LogP contribution in [-0.4, -0.2) is 19.0 Å². The Kier molecular flexibility index (Phi) is 2.94. The van der Waals surface area contributed by atoms with E-state index in [0.29, 0.717) is 0 Å². The van der Waals surface area contributed by atoms with Crippen molar-refractivity contribution >= 4 is 5.78 Å². The van der Waals surface area contributed by atoms with Gasteiger partial charge in [-0.15, -0.1) is 0 Å². The van der Waals surface area contributed by atoms with E-state index in [1.54, 1.807) is 12.2 Å². The summed E-state index contributed by atoms with van der Waals surface area (Å²) in [5, 5.41) is 0. The average molecular weight is 296 g/mol. The molecule has 0 radical (unpaired) electrons. The first kappa shape index (κ1) is 13.9. The van der Waals surface area contributed by atoms with Gasteiger partial charge in [0.05, 0.1) is 5.60 Å². The summed E-state index contributed by atoms with van der Waals surface area (Å²) in [7, 11) is 0. The van der Waals surface area contributed by atoms with Crippen LogP contribution in [0.2, 0.25) is 0 Å². The van der Waals surface area contributed by atoms with E-state index < -0.39 is 5.60 Å². The van der Waals surface area contributed by atoms with Crippen LogP contribution in [0.1, 0.15) is 37.8 Å². The van der Waals surface area contributed by atoms with Crippen LogP contribution in [0.3, 0.4) is 0 Å². The molecule has 0 bridgehead atoms. The number of allylic oxidation sites excluding steroid dienone is 2. The predicted molar refractivity (Wildman–Crippen MR) is 83.5 cm³/mol. The molecular weight excluding hydrogens is 276 g/mol. The largest absolute Gasteiger partial charge is 0.381 e. The zero-order valence-electron chi connectivity index (χ0n) is 13.0. The van der Waals surface area contributed by atoms with Crippen LogP contribution in [0, 0.1) is 0 Å². The molecule has 3 heteroatoms. The van der Waals surface area contributed by atoms with E-state index in [1.165, 1.54) is 11.1 Å². The van der Waals surface area contributed by atoms with Crippen LogP contribution in [-0.2, 0) is 25.5 Å². The number of fused-ring (bicyclic) bond motifs is 3. The molecule has 0 saturated carbocycles. The minimum Gasteiger partial charge on any atom is -0.381 e. The van der Waals surface area contributed by atoms with Crippen molar-refractivity contribution in [1.29, 1.82) is 0 Å². The molecule has 0 amide bonds. The molecular formula is C19H20O3. The summed E-state index contributed by atoms with van der Waals surface area (Å²) in [5.74, 6) is 0.0506. The fourth-order valence-electron chi connectivity index (χ4n) is 4.23. The van der Waals surface area contributed by atoms with Gasteiger partial charge in [-0.05, 0) is 48.3 Å². The van der Waals surface area contributed by atoms with Crippen molar-refractivity contribution in [2.75, 3.05) is 13.2 Å². The maximum atomic E-state index is 11.9. The molecule has 2 spiro atoms. The lowest BCUT2D eigenvalue weighted by molar-refractivity contribution is -0.153. The Labute approximate surface area is 130 Å². The van der Waals surface area contributed by atoms with Crippen LogP contribution in [0.4, 0.5) is 0 Å². The zero-order chi connectivity index (χ0) is 15.4. The lowest BCUT2D eigenvalue weighted by Crippen LogP contribution is -2.39. The van der Waals surface area contributed by atoms with Gasteiger partial charge in [-0.25, -0.2) is 0 Å². The Hall–Kier alpha value is -1.71. The van der Waals surface area contributed by atoms with Crippen molar-refractivity contribution in [2.45, 2.75) is 37.9 Å². The maximum Gasteiger partial charge on any atom is 0.178 e. The Bertz CT molecular complexity index is 683. The SMILES string of the molecule is CC1=CC(=O)C=C(C)C12OC1(CCOCC1)c1ccccc12. The van der Waals surface area contributed by atoms with Gasteiger partial charge < -0.3 is 9.47 Å². The second-order valence-electron chi connectivity index (χ2n) is 6.49. The van der Waals surface area contributed by atoms with E-state index in [2.05, 4.69) is 24.3 Å². The molecule has 114 valence electrons. The van der Waals surface area contributed by atoms with Gasteiger partial charge in [0.2, 0.25) is 0 Å². The molecule has 3 nitrogen and oxygen atoms in total. The minimum atomic E-state index is -0.582. The molecule has 22 heavy (non-hydrogen) atoms. The van der Waals surface area contributed by atoms with Gasteiger partial charge in [0.1, 0.15) is 5.60 Å². The summed E-state index contributed by atoms with van der Waals surface area (Å²) >= 11 is 0. The zero-order valence-corrected chi connectivity index (χ0v) is 13.0. The molecule has 1 fully saturated rings. The summed E-state index contributed by atoms with van der Waals surface area (Å²) in [6.07, 6.45) is 5.14. The molecule has 0 unspecified atom stereocenters. The normalized spacial score (nSPS) is 25.1. The average Bonchev–Trinajstić information content (AvgIpc) is 2.79. The lowest BCUT2D eigenvalue weighted by atomic mass is 9.76. The first-order valence-electron chi connectivity index (χ1n) is 7.88. The smallest absolute Gasteiger partial charge is 0.178 e. The second-order valence-corrected chi connectivity index (χ2v) is 6.49. The molecule has 3 aliphatic rings. The first-order chi connectivity index (χ1) is 10.6. The second kappa shape index (κ2) is 4.64. The van der Waals surface area contributed by atoms with E-state index >= 15 is 0 Å². The number of ketones is 1. The number of benzene rings is 1. The molecule has 1 aliphatic carbocycles. The Morgan fingerprint density at radius 1 is 0.955 bits per heavy atom. The van der Waals surface area contributed by atoms with Gasteiger partial charge in [0.15, 0.2) is 5.78 Å². The van der Waals surface area contributed by atoms with Crippen LogP contribution in [0.5, 0.6) is 0 Å². The summed E-state index contributed by atoms with van der Waals surface area (Å²) in [5.41, 5.74) is 3.53. The van der Waals surface area contributed by atoms with E-state index in [9.17, 15) is 4.79 Å². The summed E-state index contributed by atoms with van der Waals surface area (Å²) in [6, 6.07) is 8.44. The van der Waals surface area contributed by atoms with Gasteiger partial charge >= 0.3 is 0 Å². The number of carbonyl (C=O) groups is 1. The predicted octanol–water partition coefficient (Wildman–Crippen LogP) is 3.39. The third-order valence-electron chi connectivity index (χ3n) is 5.27. The van der Waals surface area contributed by atoms with Crippen molar-refractivity contribution in [2.24, 2.45) is 0 Å². The Balaban J connectivity index is 1.95. The number of hydrogen-bond acceptors (Lipinski definition) is 3. The quantitative estimate of drug-likeness (QED) is 0.736. The number of hydrogen-bond donors (Lipinski definition) is 0. The third kappa shape index (κ3) is 1.67. The highest BCUT2D eigenvalue weighted by atomic mass is 16.5. The highest BCUT2D eigenvalue weighted by Gasteiger charge is 2.56. The van der Waals surface area contributed by atoms with E-state index in [4.69, 9.17) is 9.47 Å². The van der Waals surface area contributed by atoms with Crippen molar-refractivity contribution in [3.8, 4) is 0 Å². The summed E-state index contributed by atoms with van der Waals surface area (Å²) in [4.78, 5) is 11.9. The first-order valence-corrected chi connectivity index (χ1v) is 7.88. The Morgan fingerprint density at radius 3 is 2.18 bits per heavy atom.